The van der Waals surface area contributed by atoms with Crippen molar-refractivity contribution in [2.75, 3.05) is 26.2 Å². The van der Waals surface area contributed by atoms with Gasteiger partial charge in [-0.15, -0.1) is 0 Å². The predicted molar refractivity (Wildman–Crippen MR) is 125 cm³/mol. The first kappa shape index (κ1) is 20.5. The summed E-state index contributed by atoms with van der Waals surface area (Å²) >= 11 is 6.20. The van der Waals surface area contributed by atoms with Crippen LogP contribution in [-0.2, 0) is 10.3 Å². The van der Waals surface area contributed by atoms with Gasteiger partial charge in [-0.25, -0.2) is 4.99 Å². The van der Waals surface area contributed by atoms with Gasteiger partial charge in [0.15, 0.2) is 11.5 Å². The number of likely N-dealkylation sites (tertiary alicyclic amines) is 1. The summed E-state index contributed by atoms with van der Waals surface area (Å²) in [5.74, 6) is 0.625. The van der Waals surface area contributed by atoms with E-state index in [2.05, 4.69) is 17.0 Å². The van der Waals surface area contributed by atoms with Crippen LogP contribution >= 0.6 is 11.6 Å². The summed E-state index contributed by atoms with van der Waals surface area (Å²) in [7, 11) is 0. The average Bonchev–Trinajstić information content (AvgIpc) is 3.44. The average molecular weight is 437 g/mol. The first-order chi connectivity index (χ1) is 15.1. The molecule has 5 nitrogen and oxygen atoms in total. The Bertz CT molecular complexity index is 1010. The number of carbonyl (C=O) groups is 1. The Labute approximate surface area is 188 Å². The minimum Gasteiger partial charge on any atom is -0.369 e. The number of amides is 1. The molecular weight excluding hydrogens is 408 g/mol. The fourth-order valence-corrected chi connectivity index (χ4v) is 5.26. The van der Waals surface area contributed by atoms with E-state index in [1.807, 2.05) is 36.4 Å². The zero-order chi connectivity index (χ0) is 21.4. The highest BCUT2D eigenvalue weighted by Crippen LogP contribution is 2.52. The summed E-state index contributed by atoms with van der Waals surface area (Å²) in [6, 6.07) is 16.0. The van der Waals surface area contributed by atoms with Crippen molar-refractivity contribution in [3.8, 4) is 11.1 Å². The smallest absolute Gasteiger partial charge is 0.262 e. The Morgan fingerprint density at radius 2 is 1.74 bits per heavy atom. The Balaban J connectivity index is 1.41. The number of guanidine groups is 1. The van der Waals surface area contributed by atoms with Gasteiger partial charge in [-0.1, -0.05) is 41.9 Å². The minimum atomic E-state index is -0.883. The van der Waals surface area contributed by atoms with Gasteiger partial charge >= 0.3 is 0 Å². The third-order valence-electron chi connectivity index (χ3n) is 6.82. The van der Waals surface area contributed by atoms with Gasteiger partial charge in [0.2, 0.25) is 0 Å². The molecule has 0 aromatic heterocycles. The molecule has 1 saturated carbocycles. The lowest BCUT2D eigenvalue weighted by molar-refractivity contribution is -0.132. The van der Waals surface area contributed by atoms with E-state index in [0.29, 0.717) is 17.5 Å². The molecule has 1 saturated heterocycles. The highest BCUT2D eigenvalue weighted by atomic mass is 35.5. The summed E-state index contributed by atoms with van der Waals surface area (Å²) in [6.07, 6.45) is 5.49. The van der Waals surface area contributed by atoms with Crippen molar-refractivity contribution < 1.29 is 4.79 Å². The first-order valence-electron chi connectivity index (χ1n) is 11.3. The topological polar surface area (TPSA) is 61.9 Å². The molecule has 31 heavy (non-hydrogen) atoms. The Morgan fingerprint density at radius 3 is 2.45 bits per heavy atom. The molecule has 2 aromatic rings. The minimum absolute atomic E-state index is 0.0390. The molecule has 0 spiro atoms. The summed E-state index contributed by atoms with van der Waals surface area (Å²) in [5, 5.41) is 0.697. The van der Waals surface area contributed by atoms with E-state index in [4.69, 9.17) is 22.3 Å². The van der Waals surface area contributed by atoms with E-state index in [-0.39, 0.29) is 11.8 Å². The second-order valence-corrected chi connectivity index (χ2v) is 9.40. The number of hydrogen-bond acceptors (Lipinski definition) is 4. The number of benzene rings is 2. The van der Waals surface area contributed by atoms with Crippen molar-refractivity contribution in [1.29, 1.82) is 0 Å². The van der Waals surface area contributed by atoms with Crippen LogP contribution < -0.4 is 5.73 Å². The van der Waals surface area contributed by atoms with E-state index < -0.39 is 5.54 Å². The Morgan fingerprint density at radius 1 is 1.03 bits per heavy atom. The second-order valence-electron chi connectivity index (χ2n) is 8.96. The van der Waals surface area contributed by atoms with Crippen LogP contribution in [0, 0.1) is 5.92 Å². The molecular formula is C25H29ClN4O. The van der Waals surface area contributed by atoms with Crippen LogP contribution in [0.3, 0.4) is 0 Å². The van der Waals surface area contributed by atoms with E-state index in [1.165, 1.54) is 25.9 Å². The monoisotopic (exact) mass is 436 g/mol. The number of rotatable bonds is 7. The largest absolute Gasteiger partial charge is 0.369 e. The molecule has 162 valence electrons. The molecule has 2 fully saturated rings. The molecule has 1 amide bonds. The third-order valence-corrected chi connectivity index (χ3v) is 7.06. The van der Waals surface area contributed by atoms with Gasteiger partial charge in [-0.3, -0.25) is 9.69 Å². The van der Waals surface area contributed by atoms with Gasteiger partial charge in [0.1, 0.15) is 0 Å². The third kappa shape index (κ3) is 3.85. The number of hydrogen-bond donors (Lipinski definition) is 1. The zero-order valence-corrected chi connectivity index (χ0v) is 18.5. The predicted octanol–water partition coefficient (Wildman–Crippen LogP) is 4.26. The molecule has 3 aliphatic rings. The van der Waals surface area contributed by atoms with Crippen LogP contribution in [0.2, 0.25) is 5.02 Å². The zero-order valence-electron chi connectivity index (χ0n) is 17.8. The lowest BCUT2D eigenvalue weighted by Crippen LogP contribution is -2.45. The van der Waals surface area contributed by atoms with Crippen LogP contribution in [0.4, 0.5) is 0 Å². The normalized spacial score (nSPS) is 24.1. The number of halogens is 1. The van der Waals surface area contributed by atoms with Crippen molar-refractivity contribution in [2.24, 2.45) is 16.6 Å². The highest BCUT2D eigenvalue weighted by molar-refractivity contribution is 6.30. The van der Waals surface area contributed by atoms with Crippen molar-refractivity contribution in [3.05, 3.63) is 59.1 Å². The van der Waals surface area contributed by atoms with Gasteiger partial charge in [-0.05, 0) is 92.5 Å². The fraction of sp³-hybridized carbons (Fsp3) is 0.440. The fourth-order valence-electron chi connectivity index (χ4n) is 5.07. The molecule has 1 aliphatic carbocycles. The number of nitrogens with zero attached hydrogens (tertiary/aromatic N) is 3. The van der Waals surface area contributed by atoms with Gasteiger partial charge in [0, 0.05) is 11.6 Å². The van der Waals surface area contributed by atoms with Crippen molar-refractivity contribution in [1.82, 2.24) is 9.80 Å². The van der Waals surface area contributed by atoms with Gasteiger partial charge in [0.05, 0.1) is 0 Å². The first-order valence-corrected chi connectivity index (χ1v) is 11.7. The van der Waals surface area contributed by atoms with Crippen LogP contribution in [0.5, 0.6) is 0 Å². The molecule has 2 aromatic carbocycles. The summed E-state index contributed by atoms with van der Waals surface area (Å²) in [6.45, 7) is 3.98. The number of carbonyl (C=O) groups excluding carboxylic acids is 1. The van der Waals surface area contributed by atoms with Crippen LogP contribution in [-0.4, -0.2) is 47.8 Å². The van der Waals surface area contributed by atoms with Gasteiger partial charge < -0.3 is 10.6 Å². The molecule has 2 aliphatic heterocycles. The number of aliphatic imine (C=N–C) groups is 1. The molecule has 2 heterocycles. The SMILES string of the molecule is NC1=NC(c2cccc(-c3cccc(Cl)c3)c2)(C2CC2)C(=O)N1CCCN1CCCC1. The van der Waals surface area contributed by atoms with Crippen LogP contribution in [0.1, 0.15) is 37.7 Å². The highest BCUT2D eigenvalue weighted by Gasteiger charge is 2.57. The maximum atomic E-state index is 13.7. The maximum Gasteiger partial charge on any atom is 0.262 e. The standard InChI is InChI=1S/C25H29ClN4O/c26-22-9-4-7-19(17-22)18-6-3-8-21(16-18)25(20-10-11-20)23(31)30(24(27)28-25)15-5-14-29-12-1-2-13-29/h3-4,6-9,16-17,20H,1-2,5,10-15H2,(H2,27,28). The van der Waals surface area contributed by atoms with E-state index >= 15 is 0 Å². The van der Waals surface area contributed by atoms with Crippen LogP contribution in [0.15, 0.2) is 53.5 Å². The van der Waals surface area contributed by atoms with Crippen molar-refractivity contribution in [3.63, 3.8) is 0 Å². The van der Waals surface area contributed by atoms with Crippen LogP contribution in [0.25, 0.3) is 11.1 Å². The summed E-state index contributed by atoms with van der Waals surface area (Å²) in [4.78, 5) is 22.8. The van der Waals surface area contributed by atoms with E-state index in [0.717, 1.165) is 42.5 Å². The number of nitrogens with two attached hydrogens (primary N) is 1. The lowest BCUT2D eigenvalue weighted by atomic mass is 9.83. The van der Waals surface area contributed by atoms with Gasteiger partial charge in [-0.2, -0.15) is 0 Å². The maximum absolute atomic E-state index is 13.7. The molecule has 5 rings (SSSR count). The molecule has 1 atom stereocenters. The second kappa shape index (κ2) is 8.29. The Hall–Kier alpha value is -2.37. The summed E-state index contributed by atoms with van der Waals surface area (Å²) in [5.41, 5.74) is 8.45. The van der Waals surface area contributed by atoms with Crippen molar-refractivity contribution >= 4 is 23.5 Å². The summed E-state index contributed by atoms with van der Waals surface area (Å²) < 4.78 is 0. The van der Waals surface area contributed by atoms with Crippen molar-refractivity contribution in [2.45, 2.75) is 37.6 Å². The molecule has 0 radical (unpaired) electrons. The molecule has 2 N–H and O–H groups in total. The molecule has 0 bridgehead atoms. The Kier molecular flexibility index (Phi) is 5.49. The quantitative estimate of drug-likeness (QED) is 0.705. The molecule has 1 unspecified atom stereocenters. The van der Waals surface area contributed by atoms with Gasteiger partial charge in [0.25, 0.3) is 5.91 Å². The van der Waals surface area contributed by atoms with E-state index in [9.17, 15) is 4.79 Å². The lowest BCUT2D eigenvalue weighted by Gasteiger charge is -2.27. The van der Waals surface area contributed by atoms with E-state index in [1.54, 1.807) is 4.90 Å². The molecule has 6 heteroatoms.